The number of benzene rings is 1. The molecule has 0 aliphatic heterocycles. The van der Waals surface area contributed by atoms with Gasteiger partial charge in [0.15, 0.2) is 0 Å². The fourth-order valence-corrected chi connectivity index (χ4v) is 0.633. The molecular formula is C8H6N3Na. The van der Waals surface area contributed by atoms with Gasteiger partial charge in [-0.05, 0) is 28.8 Å². The van der Waals surface area contributed by atoms with Gasteiger partial charge in [-0.3, -0.25) is 0 Å². The first-order chi connectivity index (χ1) is 5.43. The van der Waals surface area contributed by atoms with Crippen LogP contribution in [0.3, 0.4) is 0 Å². The average Bonchev–Trinajstić information content (AvgIpc) is 2.07. The van der Waals surface area contributed by atoms with E-state index in [0.717, 1.165) is 5.56 Å². The summed E-state index contributed by atoms with van der Waals surface area (Å²) in [5.41, 5.74) is 8.75. The molecule has 0 aromatic heterocycles. The molecule has 0 heterocycles. The van der Waals surface area contributed by atoms with Crippen LogP contribution in [0, 0.1) is 12.0 Å². The van der Waals surface area contributed by atoms with Crippen molar-refractivity contribution in [3.63, 3.8) is 0 Å². The van der Waals surface area contributed by atoms with Gasteiger partial charge in [0.1, 0.15) is 0 Å². The summed E-state index contributed by atoms with van der Waals surface area (Å²) in [5, 5.41) is 3.09. The summed E-state index contributed by atoms with van der Waals surface area (Å²) in [6.07, 6.45) is 0. The number of hydrogen-bond acceptors (Lipinski definition) is 1. The molecule has 54 valence electrons. The Morgan fingerprint density at radius 3 is 2.58 bits per heavy atom. The maximum atomic E-state index is 7.90. The van der Waals surface area contributed by atoms with Crippen molar-refractivity contribution in [2.45, 2.75) is 0 Å². The predicted molar refractivity (Wildman–Crippen MR) is 43.6 cm³/mol. The Balaban J connectivity index is 0. The van der Waals surface area contributed by atoms with Crippen molar-refractivity contribution in [2.75, 3.05) is 0 Å². The van der Waals surface area contributed by atoms with Gasteiger partial charge in [-0.1, -0.05) is 24.1 Å². The summed E-state index contributed by atoms with van der Waals surface area (Å²) in [6, 6.07) is 11.7. The average molecular weight is 167 g/mol. The summed E-state index contributed by atoms with van der Waals surface area (Å²) in [4.78, 5) is 2.50. The number of nitrogens with zero attached hydrogens (tertiary/aromatic N) is 3. The summed E-state index contributed by atoms with van der Waals surface area (Å²) in [7, 11) is 0. The fraction of sp³-hybridized carbons (Fsp3) is 0. The van der Waals surface area contributed by atoms with Crippen LogP contribution in [0.4, 0.5) is 0 Å². The first-order valence-corrected chi connectivity index (χ1v) is 3.03. The Morgan fingerprint density at radius 1 is 1.33 bits per heavy atom. The first-order valence-electron chi connectivity index (χ1n) is 3.03. The smallest absolute Gasteiger partial charge is 1.00 e. The SMILES string of the molecule is [H-].[N-]=[N+]=NC#Cc1ccccc1.[Na+]. The van der Waals surface area contributed by atoms with Gasteiger partial charge in [0, 0.05) is 10.5 Å². The molecule has 0 atom stereocenters. The van der Waals surface area contributed by atoms with Crippen LogP contribution in [-0.2, 0) is 0 Å². The van der Waals surface area contributed by atoms with Crippen molar-refractivity contribution in [3.8, 4) is 12.0 Å². The molecule has 0 bridgehead atoms. The van der Waals surface area contributed by atoms with Gasteiger partial charge in [-0.15, -0.1) is 0 Å². The molecule has 0 amide bonds. The van der Waals surface area contributed by atoms with Gasteiger partial charge in [-0.2, -0.15) is 0 Å². The van der Waals surface area contributed by atoms with E-state index in [1.807, 2.05) is 30.3 Å². The Morgan fingerprint density at radius 2 is 2.00 bits per heavy atom. The molecule has 1 rings (SSSR count). The van der Waals surface area contributed by atoms with E-state index in [0.29, 0.717) is 0 Å². The van der Waals surface area contributed by atoms with E-state index in [2.05, 4.69) is 22.0 Å². The van der Waals surface area contributed by atoms with Crippen LogP contribution in [0.1, 0.15) is 6.99 Å². The standard InChI is InChI=1S/C8H5N3.Na.H/c9-11-10-7-6-8-4-2-1-3-5-8;;/h1-5H;;/q;+1;-1. The van der Waals surface area contributed by atoms with E-state index >= 15 is 0 Å². The second-order valence-corrected chi connectivity index (χ2v) is 1.79. The van der Waals surface area contributed by atoms with E-state index in [4.69, 9.17) is 5.53 Å². The normalized spacial score (nSPS) is 6.67. The Kier molecular flexibility index (Phi) is 6.26. The molecule has 12 heavy (non-hydrogen) atoms. The zero-order valence-electron chi connectivity index (χ0n) is 7.73. The van der Waals surface area contributed by atoms with Gasteiger partial charge in [0.05, 0.1) is 0 Å². The molecule has 0 spiro atoms. The van der Waals surface area contributed by atoms with Gasteiger partial charge in [0.25, 0.3) is 0 Å². The molecule has 0 fully saturated rings. The van der Waals surface area contributed by atoms with Gasteiger partial charge >= 0.3 is 29.6 Å². The Hall–Kier alpha value is -0.910. The minimum Gasteiger partial charge on any atom is -1.00 e. The van der Waals surface area contributed by atoms with Crippen LogP contribution >= 0.6 is 0 Å². The number of hydrogen-bond donors (Lipinski definition) is 0. The maximum Gasteiger partial charge on any atom is 1.00 e. The van der Waals surface area contributed by atoms with E-state index in [9.17, 15) is 0 Å². The molecule has 0 radical (unpaired) electrons. The third-order valence-corrected chi connectivity index (χ3v) is 1.07. The zero-order valence-corrected chi connectivity index (χ0v) is 8.73. The van der Waals surface area contributed by atoms with Crippen LogP contribution < -0.4 is 29.6 Å². The van der Waals surface area contributed by atoms with Crippen molar-refractivity contribution in [2.24, 2.45) is 5.11 Å². The Labute approximate surface area is 94.2 Å². The summed E-state index contributed by atoms with van der Waals surface area (Å²) in [6.45, 7) is 0. The summed E-state index contributed by atoms with van der Waals surface area (Å²) in [5.74, 6) is 2.68. The molecule has 0 N–H and O–H groups in total. The first kappa shape index (κ1) is 11.1. The van der Waals surface area contributed by atoms with Crippen molar-refractivity contribution in [1.29, 1.82) is 0 Å². The van der Waals surface area contributed by atoms with Gasteiger partial charge < -0.3 is 1.43 Å². The van der Waals surface area contributed by atoms with E-state index in [1.54, 1.807) is 0 Å². The van der Waals surface area contributed by atoms with E-state index in [-0.39, 0.29) is 31.0 Å². The third-order valence-electron chi connectivity index (χ3n) is 1.07. The second-order valence-electron chi connectivity index (χ2n) is 1.79. The van der Waals surface area contributed by atoms with E-state index in [1.165, 1.54) is 0 Å². The van der Waals surface area contributed by atoms with Crippen molar-refractivity contribution >= 4 is 0 Å². The van der Waals surface area contributed by atoms with Crippen molar-refractivity contribution < 1.29 is 31.0 Å². The van der Waals surface area contributed by atoms with Crippen molar-refractivity contribution in [1.82, 2.24) is 0 Å². The molecule has 0 aliphatic rings. The quantitative estimate of drug-likeness (QED) is 0.163. The van der Waals surface area contributed by atoms with Crippen LogP contribution in [0.2, 0.25) is 0 Å². The molecule has 0 aliphatic carbocycles. The molecule has 0 saturated heterocycles. The zero-order chi connectivity index (χ0) is 7.94. The maximum absolute atomic E-state index is 7.90. The van der Waals surface area contributed by atoms with Crippen molar-refractivity contribution in [3.05, 3.63) is 46.3 Å². The van der Waals surface area contributed by atoms with Crippen LogP contribution in [0.25, 0.3) is 10.4 Å². The van der Waals surface area contributed by atoms with Crippen LogP contribution in [0.5, 0.6) is 0 Å². The van der Waals surface area contributed by atoms with Crippen LogP contribution in [-0.4, -0.2) is 0 Å². The summed E-state index contributed by atoms with van der Waals surface area (Å²) >= 11 is 0. The van der Waals surface area contributed by atoms with Gasteiger partial charge in [0.2, 0.25) is 0 Å². The molecule has 3 nitrogen and oxygen atoms in total. The molecule has 0 unspecified atom stereocenters. The molecule has 4 heteroatoms. The van der Waals surface area contributed by atoms with Gasteiger partial charge in [-0.25, -0.2) is 0 Å². The molecular weight excluding hydrogens is 161 g/mol. The second kappa shape index (κ2) is 6.78. The Bertz CT molecular complexity index is 335. The molecule has 1 aromatic rings. The minimum absolute atomic E-state index is 0. The molecule has 0 saturated carbocycles. The third kappa shape index (κ3) is 4.07. The number of rotatable bonds is 0. The predicted octanol–water partition coefficient (Wildman–Crippen LogP) is -0.578. The van der Waals surface area contributed by atoms with E-state index < -0.39 is 0 Å². The minimum atomic E-state index is 0. The van der Waals surface area contributed by atoms with Crippen LogP contribution in [0.15, 0.2) is 35.4 Å². The monoisotopic (exact) mass is 167 g/mol. The number of azide groups is 1. The largest absolute Gasteiger partial charge is 1.00 e. The topological polar surface area (TPSA) is 48.8 Å². The summed E-state index contributed by atoms with van der Waals surface area (Å²) < 4.78 is 0. The molecule has 1 aromatic carbocycles. The fourth-order valence-electron chi connectivity index (χ4n) is 0.633.